The maximum atomic E-state index is 13.0. The zero-order chi connectivity index (χ0) is 26.5. The third-order valence-corrected chi connectivity index (χ3v) is 7.12. The van der Waals surface area contributed by atoms with Crippen molar-refractivity contribution in [3.63, 3.8) is 0 Å². The number of anilines is 2. The van der Waals surface area contributed by atoms with Crippen LogP contribution < -0.4 is 30.7 Å². The van der Waals surface area contributed by atoms with E-state index in [0.717, 1.165) is 24.2 Å². The number of aromatic nitrogens is 1. The molecule has 192 valence electrons. The number of aliphatic hydroxyl groups is 1. The number of thiazole rings is 1. The minimum Gasteiger partial charge on any atom is -0.391 e. The first-order chi connectivity index (χ1) is 17.0. The van der Waals surface area contributed by atoms with Crippen molar-refractivity contribution in [3.05, 3.63) is 43.8 Å². The van der Waals surface area contributed by atoms with Gasteiger partial charge in [0.05, 0.1) is 12.1 Å². The number of hydrogen-bond acceptors (Lipinski definition) is 7. The SMILES string of the molecule is CCn1c(=C(C#N)C(=O)N[C@H]2CCCC[C@@H]2O)sc(=CNc2cccc(NC(=O)C(C)(C)C)c2)c1=O. The third-order valence-electron chi connectivity index (χ3n) is 5.99. The summed E-state index contributed by atoms with van der Waals surface area (Å²) >= 11 is 1.05. The molecule has 10 heteroatoms. The highest BCUT2D eigenvalue weighted by Gasteiger charge is 2.26. The molecule has 1 aliphatic rings. The minimum absolute atomic E-state index is 0.115. The molecule has 2 aromatic rings. The third kappa shape index (κ3) is 6.42. The maximum absolute atomic E-state index is 13.0. The second kappa shape index (κ2) is 11.5. The van der Waals surface area contributed by atoms with Crippen LogP contribution in [0.15, 0.2) is 29.1 Å². The van der Waals surface area contributed by atoms with E-state index < -0.39 is 23.5 Å². The molecule has 2 amide bonds. The molecule has 1 fully saturated rings. The van der Waals surface area contributed by atoms with Crippen molar-refractivity contribution in [2.75, 3.05) is 10.6 Å². The van der Waals surface area contributed by atoms with Gasteiger partial charge < -0.3 is 21.1 Å². The zero-order valence-electron chi connectivity index (χ0n) is 21.1. The number of nitrogens with zero attached hydrogens (tertiary/aromatic N) is 2. The number of amides is 2. The van der Waals surface area contributed by atoms with Gasteiger partial charge in [-0.15, -0.1) is 11.3 Å². The van der Waals surface area contributed by atoms with Gasteiger partial charge in [-0.05, 0) is 38.0 Å². The largest absolute Gasteiger partial charge is 0.391 e. The Labute approximate surface area is 214 Å². The summed E-state index contributed by atoms with van der Waals surface area (Å²) in [7, 11) is 0. The predicted molar refractivity (Wildman–Crippen MR) is 142 cm³/mol. The Bertz CT molecular complexity index is 1350. The quantitative estimate of drug-likeness (QED) is 0.467. The molecular weight excluding hydrogens is 478 g/mol. The topological polar surface area (TPSA) is 136 Å². The fraction of sp³-hybridized carbons (Fsp3) is 0.462. The molecule has 1 aromatic carbocycles. The summed E-state index contributed by atoms with van der Waals surface area (Å²) in [6.45, 7) is 7.55. The van der Waals surface area contributed by atoms with Crippen LogP contribution in [0.1, 0.15) is 53.4 Å². The molecule has 0 radical (unpaired) electrons. The summed E-state index contributed by atoms with van der Waals surface area (Å²) < 4.78 is 1.99. The smallest absolute Gasteiger partial charge is 0.270 e. The van der Waals surface area contributed by atoms with Crippen LogP contribution in [-0.2, 0) is 16.1 Å². The molecule has 2 atom stereocenters. The van der Waals surface area contributed by atoms with Crippen molar-refractivity contribution in [1.29, 1.82) is 5.26 Å². The van der Waals surface area contributed by atoms with Gasteiger partial charge in [-0.2, -0.15) is 5.26 Å². The summed E-state index contributed by atoms with van der Waals surface area (Å²) in [5.74, 6) is -0.704. The summed E-state index contributed by atoms with van der Waals surface area (Å²) in [4.78, 5) is 38.2. The van der Waals surface area contributed by atoms with E-state index in [2.05, 4.69) is 16.0 Å². The Morgan fingerprint density at radius 3 is 2.58 bits per heavy atom. The lowest BCUT2D eigenvalue weighted by Crippen LogP contribution is -2.46. The van der Waals surface area contributed by atoms with Gasteiger partial charge in [-0.25, -0.2) is 0 Å². The number of nitrogens with one attached hydrogen (secondary N) is 3. The molecule has 0 bridgehead atoms. The highest BCUT2D eigenvalue weighted by Crippen LogP contribution is 2.20. The van der Waals surface area contributed by atoms with Gasteiger partial charge >= 0.3 is 0 Å². The Balaban J connectivity index is 1.91. The lowest BCUT2D eigenvalue weighted by molar-refractivity contribution is -0.123. The van der Waals surface area contributed by atoms with Crippen LogP contribution >= 0.6 is 11.3 Å². The second-order valence-corrected chi connectivity index (χ2v) is 10.8. The predicted octanol–water partition coefficient (Wildman–Crippen LogP) is 1.86. The highest BCUT2D eigenvalue weighted by atomic mass is 32.1. The number of nitriles is 1. The summed E-state index contributed by atoms with van der Waals surface area (Å²) in [5, 5.41) is 28.6. The van der Waals surface area contributed by atoms with Gasteiger partial charge in [-0.1, -0.05) is 39.7 Å². The van der Waals surface area contributed by atoms with Gasteiger partial charge in [0, 0.05) is 29.5 Å². The Morgan fingerprint density at radius 2 is 1.94 bits per heavy atom. The summed E-state index contributed by atoms with van der Waals surface area (Å²) in [5.41, 5.74) is 0.272. The number of rotatable bonds is 6. The molecule has 4 N–H and O–H groups in total. The van der Waals surface area contributed by atoms with Gasteiger partial charge in [0.25, 0.3) is 11.5 Å². The van der Waals surface area contributed by atoms with Crippen molar-refractivity contribution in [2.45, 2.75) is 72.1 Å². The molecule has 0 aliphatic heterocycles. The monoisotopic (exact) mass is 511 g/mol. The second-order valence-electron chi connectivity index (χ2n) is 9.81. The lowest BCUT2D eigenvalue weighted by Gasteiger charge is -2.28. The van der Waals surface area contributed by atoms with Crippen LogP contribution in [0.3, 0.4) is 0 Å². The average Bonchev–Trinajstić information content (AvgIpc) is 3.14. The minimum atomic E-state index is -0.642. The molecular formula is C26H33N5O4S. The number of hydrogen-bond donors (Lipinski definition) is 4. The first-order valence-electron chi connectivity index (χ1n) is 12.1. The molecule has 1 heterocycles. The lowest BCUT2D eigenvalue weighted by atomic mass is 9.92. The van der Waals surface area contributed by atoms with E-state index in [0.29, 0.717) is 28.7 Å². The van der Waals surface area contributed by atoms with Crippen LogP contribution in [0.25, 0.3) is 11.8 Å². The van der Waals surface area contributed by atoms with Crippen molar-refractivity contribution >= 4 is 46.3 Å². The van der Waals surface area contributed by atoms with Gasteiger partial charge in [0.1, 0.15) is 15.3 Å². The van der Waals surface area contributed by atoms with Gasteiger partial charge in [0.2, 0.25) is 5.91 Å². The van der Waals surface area contributed by atoms with E-state index in [1.54, 1.807) is 31.2 Å². The van der Waals surface area contributed by atoms with Crippen molar-refractivity contribution in [3.8, 4) is 6.07 Å². The molecule has 0 spiro atoms. The van der Waals surface area contributed by atoms with Crippen LogP contribution in [0.5, 0.6) is 0 Å². The van der Waals surface area contributed by atoms with Gasteiger partial charge in [-0.3, -0.25) is 19.0 Å². The molecule has 0 unspecified atom stereocenters. The molecule has 36 heavy (non-hydrogen) atoms. The van der Waals surface area contributed by atoms with E-state index in [1.807, 2.05) is 26.8 Å². The van der Waals surface area contributed by atoms with E-state index in [-0.39, 0.29) is 28.2 Å². The van der Waals surface area contributed by atoms with E-state index in [4.69, 9.17) is 0 Å². The number of carbonyl (C=O) groups is 2. The molecule has 0 saturated heterocycles. The van der Waals surface area contributed by atoms with Crippen LogP contribution in [0.2, 0.25) is 0 Å². The Morgan fingerprint density at radius 1 is 1.25 bits per heavy atom. The Hall–Kier alpha value is -3.42. The van der Waals surface area contributed by atoms with E-state index in [1.165, 1.54) is 10.8 Å². The normalized spacial score (nSPS) is 19.3. The fourth-order valence-electron chi connectivity index (χ4n) is 3.86. The van der Waals surface area contributed by atoms with Crippen molar-refractivity contribution < 1.29 is 14.7 Å². The Kier molecular flexibility index (Phi) is 8.71. The number of benzene rings is 1. The number of aliphatic hydroxyl groups excluding tert-OH is 1. The van der Waals surface area contributed by atoms with Crippen LogP contribution in [-0.4, -0.2) is 33.6 Å². The first-order valence-corrected chi connectivity index (χ1v) is 12.9. The first kappa shape index (κ1) is 27.2. The standard InChI is InChI=1S/C26H33N5O4S/c1-5-31-23(34)21(15-28-16-9-8-10-17(13-16)29-25(35)26(2,3)4)36-24(31)18(14-27)22(33)30-19-11-6-7-12-20(19)32/h8-10,13,15,19-20,28,32H,5-7,11-12H2,1-4H3,(H,29,35)(H,30,33)/t19-,20-/m0/s1. The zero-order valence-corrected chi connectivity index (χ0v) is 21.9. The summed E-state index contributed by atoms with van der Waals surface area (Å²) in [6.07, 6.45) is 3.95. The fourth-order valence-corrected chi connectivity index (χ4v) is 4.95. The molecule has 1 saturated carbocycles. The molecule has 9 nitrogen and oxygen atoms in total. The molecule has 1 aromatic heterocycles. The van der Waals surface area contributed by atoms with Crippen molar-refractivity contribution in [1.82, 2.24) is 9.88 Å². The van der Waals surface area contributed by atoms with Crippen LogP contribution in [0, 0.1) is 16.7 Å². The molecule has 3 rings (SSSR count). The summed E-state index contributed by atoms with van der Waals surface area (Å²) in [6, 6.07) is 8.65. The highest BCUT2D eigenvalue weighted by molar-refractivity contribution is 7.07. The van der Waals surface area contributed by atoms with Gasteiger partial charge in [0.15, 0.2) is 5.57 Å². The molecule has 1 aliphatic carbocycles. The van der Waals surface area contributed by atoms with E-state index >= 15 is 0 Å². The van der Waals surface area contributed by atoms with Crippen molar-refractivity contribution in [2.24, 2.45) is 5.41 Å². The average molecular weight is 512 g/mol. The van der Waals surface area contributed by atoms with Crippen LogP contribution in [0.4, 0.5) is 11.4 Å². The van der Waals surface area contributed by atoms with E-state index in [9.17, 15) is 24.8 Å². The maximum Gasteiger partial charge on any atom is 0.270 e. The number of carbonyl (C=O) groups excluding carboxylic acids is 2.